The van der Waals surface area contributed by atoms with Gasteiger partial charge in [0.15, 0.2) is 10.1 Å². The van der Waals surface area contributed by atoms with E-state index in [1.165, 1.54) is 19.3 Å². The monoisotopic (exact) mass is 241 g/mol. The van der Waals surface area contributed by atoms with E-state index in [-0.39, 0.29) is 5.78 Å². The molecule has 0 amide bonds. The van der Waals surface area contributed by atoms with Crippen LogP contribution < -0.4 is 0 Å². The van der Waals surface area contributed by atoms with Gasteiger partial charge in [0.2, 0.25) is 0 Å². The van der Waals surface area contributed by atoms with Gasteiger partial charge in [0, 0.05) is 12.4 Å². The second-order valence-electron chi connectivity index (χ2n) is 2.62. The number of aromatic nitrogens is 1. The average molecular weight is 242 g/mol. The van der Waals surface area contributed by atoms with Gasteiger partial charge in [-0.1, -0.05) is 15.9 Å². The molecule has 0 aromatic carbocycles. The topological polar surface area (TPSA) is 47.0 Å². The molecule has 0 aliphatic carbocycles. The fourth-order valence-corrected chi connectivity index (χ4v) is 1.21. The summed E-state index contributed by atoms with van der Waals surface area (Å²) in [7, 11) is 0. The maximum absolute atomic E-state index is 11.2. The van der Waals surface area contributed by atoms with E-state index in [1.54, 1.807) is 12.1 Å². The van der Waals surface area contributed by atoms with Crippen LogP contribution >= 0.6 is 15.9 Å². The van der Waals surface area contributed by atoms with Crippen LogP contribution in [0.1, 0.15) is 12.5 Å². The summed E-state index contributed by atoms with van der Waals surface area (Å²) in [5.74, 6) is -0.242. The fourth-order valence-electron chi connectivity index (χ4n) is 0.949. The number of nitrogens with zero attached hydrogens (tertiary/aromatic N) is 1. The second kappa shape index (κ2) is 3.79. The Morgan fingerprint density at radius 1 is 1.54 bits per heavy atom. The number of aldehydes is 1. The lowest BCUT2D eigenvalue weighted by molar-refractivity contribution is -0.123. The molecular formula is C9H8BrNO2. The van der Waals surface area contributed by atoms with Crippen LogP contribution in [0.25, 0.3) is 0 Å². The molecule has 13 heavy (non-hydrogen) atoms. The predicted octanol–water partition coefficient (Wildman–Crippen LogP) is 1.46. The number of hydrogen-bond acceptors (Lipinski definition) is 3. The first kappa shape index (κ1) is 10.1. The van der Waals surface area contributed by atoms with Gasteiger partial charge < -0.3 is 4.79 Å². The average Bonchev–Trinajstić information content (AvgIpc) is 2.17. The summed E-state index contributed by atoms with van der Waals surface area (Å²) in [4.78, 5) is 25.8. The van der Waals surface area contributed by atoms with Gasteiger partial charge >= 0.3 is 0 Å². The van der Waals surface area contributed by atoms with Gasteiger partial charge in [-0.3, -0.25) is 9.78 Å². The van der Waals surface area contributed by atoms with Crippen molar-refractivity contribution < 1.29 is 9.59 Å². The van der Waals surface area contributed by atoms with Gasteiger partial charge in [-0.25, -0.2) is 0 Å². The molecule has 0 fully saturated rings. The summed E-state index contributed by atoms with van der Waals surface area (Å²) in [6, 6.07) is 3.26. The third-order valence-corrected chi connectivity index (χ3v) is 2.98. The Labute approximate surface area is 84.3 Å². The van der Waals surface area contributed by atoms with Crippen molar-refractivity contribution in [3.8, 4) is 0 Å². The Kier molecular flexibility index (Phi) is 2.93. The lowest BCUT2D eigenvalue weighted by atomic mass is 9.98. The first-order valence-electron chi connectivity index (χ1n) is 3.68. The third-order valence-electron chi connectivity index (χ3n) is 1.78. The molecule has 1 rings (SSSR count). The van der Waals surface area contributed by atoms with Crippen molar-refractivity contribution in [1.29, 1.82) is 0 Å². The summed E-state index contributed by atoms with van der Waals surface area (Å²) in [5, 5.41) is 0. The van der Waals surface area contributed by atoms with Crippen LogP contribution in [0.15, 0.2) is 24.5 Å². The number of halogens is 1. The largest absolute Gasteiger partial charge is 0.301 e. The molecular weight excluding hydrogens is 234 g/mol. The molecule has 1 aromatic heterocycles. The fraction of sp³-hybridized carbons (Fsp3) is 0.222. The molecule has 0 aliphatic heterocycles. The van der Waals surface area contributed by atoms with Gasteiger partial charge in [-0.2, -0.15) is 0 Å². The minimum atomic E-state index is -1.21. The van der Waals surface area contributed by atoms with Gasteiger partial charge in [0.05, 0.1) is 0 Å². The highest BCUT2D eigenvalue weighted by Gasteiger charge is 2.33. The summed E-state index contributed by atoms with van der Waals surface area (Å²) in [6.45, 7) is 1.36. The van der Waals surface area contributed by atoms with E-state index in [0.717, 1.165) is 0 Å². The van der Waals surface area contributed by atoms with Gasteiger partial charge in [0.25, 0.3) is 0 Å². The van der Waals surface area contributed by atoms with E-state index < -0.39 is 4.32 Å². The van der Waals surface area contributed by atoms with Crippen molar-refractivity contribution in [3.05, 3.63) is 30.1 Å². The van der Waals surface area contributed by atoms with Crippen molar-refractivity contribution in [1.82, 2.24) is 4.98 Å². The Morgan fingerprint density at radius 2 is 2.08 bits per heavy atom. The quantitative estimate of drug-likeness (QED) is 0.458. The zero-order valence-electron chi connectivity index (χ0n) is 7.03. The molecule has 1 unspecified atom stereocenters. The normalized spacial score (nSPS) is 14.6. The van der Waals surface area contributed by atoms with E-state index in [1.807, 2.05) is 0 Å². The van der Waals surface area contributed by atoms with Crippen LogP contribution in [0.4, 0.5) is 0 Å². The van der Waals surface area contributed by atoms with Crippen LogP contribution in [-0.2, 0) is 13.9 Å². The van der Waals surface area contributed by atoms with Gasteiger partial charge in [0.1, 0.15) is 6.29 Å². The smallest absolute Gasteiger partial charge is 0.163 e. The molecule has 0 spiro atoms. The number of pyridine rings is 1. The molecule has 0 saturated heterocycles. The van der Waals surface area contributed by atoms with E-state index in [2.05, 4.69) is 20.9 Å². The lowest BCUT2D eigenvalue weighted by Crippen LogP contribution is -2.28. The Bertz CT molecular complexity index is 326. The summed E-state index contributed by atoms with van der Waals surface area (Å²) in [5.41, 5.74) is 0.602. The Balaban J connectivity index is 3.18. The highest BCUT2D eigenvalue weighted by molar-refractivity contribution is 9.10. The zero-order valence-corrected chi connectivity index (χ0v) is 8.61. The van der Waals surface area contributed by atoms with Crippen LogP contribution in [0.2, 0.25) is 0 Å². The first-order chi connectivity index (χ1) is 6.11. The number of carbonyl (C=O) groups is 2. The third kappa shape index (κ3) is 1.83. The summed E-state index contributed by atoms with van der Waals surface area (Å²) < 4.78 is -1.21. The first-order valence-corrected chi connectivity index (χ1v) is 4.47. The van der Waals surface area contributed by atoms with E-state index in [0.29, 0.717) is 11.8 Å². The van der Waals surface area contributed by atoms with E-state index in [4.69, 9.17) is 0 Å². The van der Waals surface area contributed by atoms with Crippen LogP contribution in [-0.4, -0.2) is 17.1 Å². The summed E-state index contributed by atoms with van der Waals surface area (Å²) >= 11 is 3.11. The lowest BCUT2D eigenvalue weighted by Gasteiger charge is -2.16. The van der Waals surface area contributed by atoms with Gasteiger partial charge in [-0.15, -0.1) is 0 Å². The minimum absolute atomic E-state index is 0.242. The van der Waals surface area contributed by atoms with Crippen LogP contribution in [0.5, 0.6) is 0 Å². The number of ketones is 1. The predicted molar refractivity (Wildman–Crippen MR) is 51.6 cm³/mol. The van der Waals surface area contributed by atoms with E-state index in [9.17, 15) is 9.59 Å². The van der Waals surface area contributed by atoms with Crippen molar-refractivity contribution in [2.24, 2.45) is 0 Å². The Hall–Kier alpha value is -1.03. The zero-order chi connectivity index (χ0) is 9.90. The summed E-state index contributed by atoms with van der Waals surface area (Å²) in [6.07, 6.45) is 3.67. The second-order valence-corrected chi connectivity index (χ2v) is 3.87. The van der Waals surface area contributed by atoms with Crippen molar-refractivity contribution in [2.45, 2.75) is 11.2 Å². The molecule has 0 bridgehead atoms. The maximum atomic E-state index is 11.2. The standard InChI is InChI=1S/C9H8BrNO2/c1-7(13)9(10,6-12)8-2-4-11-5-3-8/h2-6H,1H3. The molecule has 4 heteroatoms. The number of rotatable bonds is 3. The number of hydrogen-bond donors (Lipinski definition) is 0. The SMILES string of the molecule is CC(=O)C(Br)(C=O)c1ccncc1. The Morgan fingerprint density at radius 3 is 2.46 bits per heavy atom. The van der Waals surface area contributed by atoms with Crippen LogP contribution in [0, 0.1) is 0 Å². The molecule has 1 aromatic rings. The van der Waals surface area contributed by atoms with Crippen molar-refractivity contribution in [3.63, 3.8) is 0 Å². The van der Waals surface area contributed by atoms with Crippen molar-refractivity contribution >= 4 is 28.0 Å². The van der Waals surface area contributed by atoms with Crippen LogP contribution in [0.3, 0.4) is 0 Å². The number of carbonyl (C=O) groups excluding carboxylic acids is 2. The highest BCUT2D eigenvalue weighted by Crippen LogP contribution is 2.29. The molecule has 0 radical (unpaired) electrons. The highest BCUT2D eigenvalue weighted by atomic mass is 79.9. The molecule has 1 heterocycles. The number of Topliss-reactive ketones (excluding diaryl/α,β-unsaturated/α-hetero) is 1. The maximum Gasteiger partial charge on any atom is 0.163 e. The number of alkyl halides is 1. The molecule has 0 aliphatic rings. The minimum Gasteiger partial charge on any atom is -0.301 e. The van der Waals surface area contributed by atoms with Gasteiger partial charge in [-0.05, 0) is 24.6 Å². The molecule has 0 saturated carbocycles. The molecule has 3 nitrogen and oxygen atoms in total. The van der Waals surface area contributed by atoms with Crippen molar-refractivity contribution in [2.75, 3.05) is 0 Å². The molecule has 0 N–H and O–H groups in total. The molecule has 1 atom stereocenters. The molecule has 68 valence electrons. The van der Waals surface area contributed by atoms with E-state index >= 15 is 0 Å².